The average Bonchev–Trinajstić information content (AvgIpc) is 2.74. The molecule has 1 aliphatic carbocycles. The summed E-state index contributed by atoms with van der Waals surface area (Å²) in [7, 11) is 0. The summed E-state index contributed by atoms with van der Waals surface area (Å²) in [5, 5.41) is 7.99. The third-order valence-corrected chi connectivity index (χ3v) is 3.01. The van der Waals surface area contributed by atoms with Gasteiger partial charge in [-0.05, 0) is 38.8 Å². The van der Waals surface area contributed by atoms with Crippen LogP contribution in [-0.4, -0.2) is 22.4 Å². The second-order valence-electron chi connectivity index (χ2n) is 4.16. The lowest BCUT2D eigenvalue weighted by atomic mass is 10.2. The SMILES string of the molecule is CCNC1CCC(n2ccc(C)n2)C1. The minimum Gasteiger partial charge on any atom is -0.314 e. The van der Waals surface area contributed by atoms with Crippen LogP contribution in [0.25, 0.3) is 0 Å². The minimum atomic E-state index is 0.618. The third kappa shape index (κ3) is 1.98. The number of rotatable bonds is 3. The van der Waals surface area contributed by atoms with E-state index in [0.29, 0.717) is 12.1 Å². The topological polar surface area (TPSA) is 29.9 Å². The van der Waals surface area contributed by atoms with Crippen molar-refractivity contribution in [3.05, 3.63) is 18.0 Å². The average molecular weight is 193 g/mol. The van der Waals surface area contributed by atoms with E-state index < -0.39 is 0 Å². The molecule has 2 rings (SSSR count). The van der Waals surface area contributed by atoms with Crippen LogP contribution in [0.15, 0.2) is 12.3 Å². The molecule has 1 N–H and O–H groups in total. The molecule has 0 spiro atoms. The Morgan fingerprint density at radius 1 is 1.57 bits per heavy atom. The number of nitrogens with one attached hydrogen (secondary N) is 1. The van der Waals surface area contributed by atoms with Crippen molar-refractivity contribution in [3.63, 3.8) is 0 Å². The fourth-order valence-electron chi connectivity index (χ4n) is 2.31. The molecule has 0 bridgehead atoms. The van der Waals surface area contributed by atoms with Gasteiger partial charge in [0.1, 0.15) is 0 Å². The van der Waals surface area contributed by atoms with Gasteiger partial charge in [0.15, 0.2) is 0 Å². The maximum absolute atomic E-state index is 4.48. The molecule has 0 saturated heterocycles. The van der Waals surface area contributed by atoms with E-state index in [1.54, 1.807) is 0 Å². The zero-order valence-electron chi connectivity index (χ0n) is 9.03. The number of aryl methyl sites for hydroxylation is 1. The second-order valence-corrected chi connectivity index (χ2v) is 4.16. The Morgan fingerprint density at radius 2 is 2.43 bits per heavy atom. The molecule has 0 aliphatic heterocycles. The van der Waals surface area contributed by atoms with Gasteiger partial charge in [-0.2, -0.15) is 5.10 Å². The molecule has 1 aromatic heterocycles. The van der Waals surface area contributed by atoms with Crippen LogP contribution in [-0.2, 0) is 0 Å². The van der Waals surface area contributed by atoms with Crippen molar-refractivity contribution >= 4 is 0 Å². The molecular weight excluding hydrogens is 174 g/mol. The zero-order valence-corrected chi connectivity index (χ0v) is 9.03. The fraction of sp³-hybridized carbons (Fsp3) is 0.727. The molecule has 0 radical (unpaired) electrons. The summed E-state index contributed by atoms with van der Waals surface area (Å²) >= 11 is 0. The first-order valence-corrected chi connectivity index (χ1v) is 5.54. The molecule has 3 heteroatoms. The molecule has 78 valence electrons. The van der Waals surface area contributed by atoms with Crippen LogP contribution in [0.5, 0.6) is 0 Å². The summed E-state index contributed by atoms with van der Waals surface area (Å²) in [6.07, 6.45) is 5.89. The van der Waals surface area contributed by atoms with Gasteiger partial charge in [-0.15, -0.1) is 0 Å². The van der Waals surface area contributed by atoms with Crippen molar-refractivity contribution < 1.29 is 0 Å². The molecule has 2 atom stereocenters. The van der Waals surface area contributed by atoms with E-state index in [9.17, 15) is 0 Å². The lowest BCUT2D eigenvalue weighted by Gasteiger charge is -2.12. The maximum Gasteiger partial charge on any atom is 0.0593 e. The second kappa shape index (κ2) is 4.13. The highest BCUT2D eigenvalue weighted by Crippen LogP contribution is 2.29. The van der Waals surface area contributed by atoms with Crippen LogP contribution >= 0.6 is 0 Å². The third-order valence-electron chi connectivity index (χ3n) is 3.01. The summed E-state index contributed by atoms with van der Waals surface area (Å²) in [5.41, 5.74) is 1.12. The van der Waals surface area contributed by atoms with Gasteiger partial charge in [0.05, 0.1) is 11.7 Å². The first-order chi connectivity index (χ1) is 6.79. The highest BCUT2D eigenvalue weighted by molar-refractivity contribution is 4.97. The summed E-state index contributed by atoms with van der Waals surface area (Å²) in [5.74, 6) is 0. The normalized spacial score (nSPS) is 27.0. The van der Waals surface area contributed by atoms with Gasteiger partial charge in [-0.3, -0.25) is 4.68 Å². The Kier molecular flexibility index (Phi) is 2.87. The molecule has 14 heavy (non-hydrogen) atoms. The molecule has 1 heterocycles. The smallest absolute Gasteiger partial charge is 0.0593 e. The van der Waals surface area contributed by atoms with E-state index >= 15 is 0 Å². The predicted octanol–water partition coefficient (Wildman–Crippen LogP) is 1.89. The van der Waals surface area contributed by atoms with Gasteiger partial charge >= 0.3 is 0 Å². The molecule has 1 saturated carbocycles. The fourth-order valence-corrected chi connectivity index (χ4v) is 2.31. The Labute approximate surface area is 85.5 Å². The highest BCUT2D eigenvalue weighted by atomic mass is 15.3. The quantitative estimate of drug-likeness (QED) is 0.794. The Bertz CT molecular complexity index is 292. The van der Waals surface area contributed by atoms with Gasteiger partial charge in [0, 0.05) is 12.2 Å². The van der Waals surface area contributed by atoms with Crippen LogP contribution in [0.3, 0.4) is 0 Å². The summed E-state index contributed by atoms with van der Waals surface area (Å²) < 4.78 is 2.13. The lowest BCUT2D eigenvalue weighted by Crippen LogP contribution is -2.26. The van der Waals surface area contributed by atoms with E-state index in [2.05, 4.69) is 34.3 Å². The van der Waals surface area contributed by atoms with Gasteiger partial charge in [0.25, 0.3) is 0 Å². The Balaban J connectivity index is 1.95. The lowest BCUT2D eigenvalue weighted by molar-refractivity contribution is 0.443. The van der Waals surface area contributed by atoms with E-state index in [0.717, 1.165) is 12.2 Å². The molecule has 1 aliphatic rings. The maximum atomic E-state index is 4.48. The zero-order chi connectivity index (χ0) is 9.97. The molecule has 1 fully saturated rings. The standard InChI is InChI=1S/C11H19N3/c1-3-12-10-4-5-11(8-10)14-7-6-9(2)13-14/h6-7,10-12H,3-5,8H2,1-2H3. The van der Waals surface area contributed by atoms with E-state index in [-0.39, 0.29) is 0 Å². The summed E-state index contributed by atoms with van der Waals surface area (Å²) in [6, 6.07) is 3.41. The number of aromatic nitrogens is 2. The first-order valence-electron chi connectivity index (χ1n) is 5.54. The van der Waals surface area contributed by atoms with Crippen LogP contribution < -0.4 is 5.32 Å². The van der Waals surface area contributed by atoms with Crippen molar-refractivity contribution in [1.29, 1.82) is 0 Å². The van der Waals surface area contributed by atoms with Crippen molar-refractivity contribution in [3.8, 4) is 0 Å². The molecular formula is C11H19N3. The minimum absolute atomic E-state index is 0.618. The van der Waals surface area contributed by atoms with E-state index in [1.807, 2.05) is 6.92 Å². The molecule has 3 nitrogen and oxygen atoms in total. The largest absolute Gasteiger partial charge is 0.314 e. The molecule has 0 aromatic carbocycles. The van der Waals surface area contributed by atoms with Gasteiger partial charge in [0.2, 0.25) is 0 Å². The first kappa shape index (κ1) is 9.71. The number of hydrogen-bond acceptors (Lipinski definition) is 2. The van der Waals surface area contributed by atoms with Crippen molar-refractivity contribution in [2.75, 3.05) is 6.54 Å². The molecule has 2 unspecified atom stereocenters. The monoisotopic (exact) mass is 193 g/mol. The highest BCUT2D eigenvalue weighted by Gasteiger charge is 2.25. The number of nitrogens with zero attached hydrogens (tertiary/aromatic N) is 2. The van der Waals surface area contributed by atoms with Gasteiger partial charge in [-0.1, -0.05) is 6.92 Å². The van der Waals surface area contributed by atoms with Crippen molar-refractivity contribution in [2.24, 2.45) is 0 Å². The van der Waals surface area contributed by atoms with E-state index in [4.69, 9.17) is 0 Å². The Hall–Kier alpha value is -0.830. The summed E-state index contributed by atoms with van der Waals surface area (Å²) in [6.45, 7) is 5.30. The molecule has 0 amide bonds. The van der Waals surface area contributed by atoms with Crippen LogP contribution in [0.1, 0.15) is 37.9 Å². The summed E-state index contributed by atoms with van der Waals surface area (Å²) in [4.78, 5) is 0. The van der Waals surface area contributed by atoms with Crippen LogP contribution in [0.4, 0.5) is 0 Å². The van der Waals surface area contributed by atoms with Crippen LogP contribution in [0.2, 0.25) is 0 Å². The van der Waals surface area contributed by atoms with Crippen molar-refractivity contribution in [2.45, 2.75) is 45.2 Å². The van der Waals surface area contributed by atoms with Crippen molar-refractivity contribution in [1.82, 2.24) is 15.1 Å². The van der Waals surface area contributed by atoms with E-state index in [1.165, 1.54) is 19.3 Å². The van der Waals surface area contributed by atoms with Crippen LogP contribution in [0, 0.1) is 6.92 Å². The Morgan fingerprint density at radius 3 is 3.07 bits per heavy atom. The van der Waals surface area contributed by atoms with Gasteiger partial charge in [-0.25, -0.2) is 0 Å². The number of hydrogen-bond donors (Lipinski definition) is 1. The predicted molar refractivity (Wildman–Crippen MR) is 57.3 cm³/mol. The molecule has 1 aromatic rings. The van der Waals surface area contributed by atoms with Gasteiger partial charge < -0.3 is 5.32 Å².